The van der Waals surface area contributed by atoms with E-state index in [1.807, 2.05) is 18.2 Å². The van der Waals surface area contributed by atoms with Crippen LogP contribution in [0.3, 0.4) is 0 Å². The van der Waals surface area contributed by atoms with Crippen LogP contribution >= 0.6 is 0 Å². The van der Waals surface area contributed by atoms with E-state index >= 15 is 0 Å². The normalized spacial score (nSPS) is 22.0. The molecule has 104 valence electrons. The molecule has 2 atom stereocenters. The quantitative estimate of drug-likeness (QED) is 0.861. The Labute approximate surface area is 113 Å². The second-order valence-corrected chi connectivity index (χ2v) is 6.78. The van der Waals surface area contributed by atoms with E-state index in [2.05, 4.69) is 23.0 Å². The van der Waals surface area contributed by atoms with Gasteiger partial charge in [-0.15, -0.1) is 0 Å². The fourth-order valence-corrected chi connectivity index (χ4v) is 3.07. The molecule has 6 heteroatoms. The van der Waals surface area contributed by atoms with E-state index in [4.69, 9.17) is 0 Å². The highest BCUT2D eigenvalue weighted by atomic mass is 32.2. The number of benzene rings is 1. The van der Waals surface area contributed by atoms with Crippen LogP contribution in [0.2, 0.25) is 0 Å². The molecule has 0 spiro atoms. The molecule has 0 saturated carbocycles. The summed E-state index contributed by atoms with van der Waals surface area (Å²) in [5.41, 5.74) is 2.31. The molecule has 0 saturated heterocycles. The van der Waals surface area contributed by atoms with Gasteiger partial charge in [0, 0.05) is 0 Å². The van der Waals surface area contributed by atoms with Gasteiger partial charge < -0.3 is 5.32 Å². The van der Waals surface area contributed by atoms with Gasteiger partial charge in [0.15, 0.2) is 0 Å². The van der Waals surface area contributed by atoms with Crippen LogP contribution in [0.5, 0.6) is 0 Å². The first-order valence-corrected chi connectivity index (χ1v) is 7.87. The molecule has 1 amide bonds. The molecule has 2 N–H and O–H groups in total. The lowest BCUT2D eigenvalue weighted by molar-refractivity contribution is -0.119. The number of hydrogen-bond donors (Lipinski definition) is 2. The van der Waals surface area contributed by atoms with Crippen LogP contribution in [0, 0.1) is 0 Å². The van der Waals surface area contributed by atoms with Crippen molar-refractivity contribution < 1.29 is 13.2 Å². The monoisotopic (exact) mass is 282 g/mol. The molecule has 1 aliphatic rings. The number of nitrogens with one attached hydrogen (secondary N) is 2. The van der Waals surface area contributed by atoms with Crippen molar-refractivity contribution in [2.75, 3.05) is 12.8 Å². The molecule has 0 radical (unpaired) electrons. The molecular formula is C13H18N2O3S. The number of hydrogen-bond acceptors (Lipinski definition) is 3. The Hall–Kier alpha value is -1.40. The molecule has 0 fully saturated rings. The van der Waals surface area contributed by atoms with Crippen molar-refractivity contribution in [1.82, 2.24) is 10.0 Å². The van der Waals surface area contributed by atoms with E-state index in [-0.39, 0.29) is 6.04 Å². The summed E-state index contributed by atoms with van der Waals surface area (Å²) < 4.78 is 24.8. The van der Waals surface area contributed by atoms with E-state index in [9.17, 15) is 13.2 Å². The number of carbonyl (C=O) groups excluding carboxylic acids is 1. The lowest BCUT2D eigenvalue weighted by Gasteiger charge is -2.14. The average Bonchev–Trinajstić information content (AvgIpc) is 2.66. The summed E-state index contributed by atoms with van der Waals surface area (Å²) in [5.74, 6) is -0.623. The highest BCUT2D eigenvalue weighted by Gasteiger charge is 2.29. The van der Waals surface area contributed by atoms with Gasteiger partial charge >= 0.3 is 0 Å². The predicted molar refractivity (Wildman–Crippen MR) is 73.2 cm³/mol. The van der Waals surface area contributed by atoms with Gasteiger partial charge in [-0.1, -0.05) is 31.2 Å². The zero-order valence-electron chi connectivity index (χ0n) is 11.0. The van der Waals surface area contributed by atoms with Crippen molar-refractivity contribution in [3.05, 3.63) is 35.4 Å². The molecule has 0 bridgehead atoms. The third-order valence-electron chi connectivity index (χ3n) is 3.46. The molecular weight excluding hydrogens is 264 g/mol. The summed E-state index contributed by atoms with van der Waals surface area (Å²) in [7, 11) is -2.21. The molecule has 0 aliphatic heterocycles. The maximum atomic E-state index is 11.8. The third kappa shape index (κ3) is 3.13. The van der Waals surface area contributed by atoms with Gasteiger partial charge in [0.25, 0.3) is 0 Å². The van der Waals surface area contributed by atoms with Crippen LogP contribution in [0.1, 0.15) is 36.4 Å². The van der Waals surface area contributed by atoms with Crippen LogP contribution in [-0.2, 0) is 14.8 Å². The van der Waals surface area contributed by atoms with Crippen molar-refractivity contribution in [1.29, 1.82) is 0 Å². The van der Waals surface area contributed by atoms with E-state index in [1.165, 1.54) is 12.6 Å². The second-order valence-electron chi connectivity index (χ2n) is 4.85. The van der Waals surface area contributed by atoms with E-state index in [0.717, 1.165) is 12.0 Å². The molecule has 0 unspecified atom stereocenters. The van der Waals surface area contributed by atoms with E-state index in [1.54, 1.807) is 0 Å². The van der Waals surface area contributed by atoms with E-state index in [0.29, 0.717) is 5.92 Å². The summed E-state index contributed by atoms with van der Waals surface area (Å²) >= 11 is 0. The van der Waals surface area contributed by atoms with E-state index < -0.39 is 21.7 Å². The minimum atomic E-state index is -3.51. The topological polar surface area (TPSA) is 75.3 Å². The summed E-state index contributed by atoms with van der Waals surface area (Å²) in [6.45, 7) is 2.11. The Bertz CT molecular complexity index is 583. The summed E-state index contributed by atoms with van der Waals surface area (Å²) in [6, 6.07) is 7.85. The Morgan fingerprint density at radius 3 is 2.58 bits per heavy atom. The SMILES string of the molecule is CNS(=O)(=O)CC(=O)N[C@@H]1C[C@H](C)c2ccccc21. The van der Waals surface area contributed by atoms with Crippen molar-refractivity contribution in [2.24, 2.45) is 0 Å². The first kappa shape index (κ1) is 14.0. The van der Waals surface area contributed by atoms with Crippen molar-refractivity contribution in [3.63, 3.8) is 0 Å². The lowest BCUT2D eigenvalue weighted by Crippen LogP contribution is -2.36. The number of carbonyl (C=O) groups is 1. The highest BCUT2D eigenvalue weighted by molar-refractivity contribution is 7.90. The molecule has 1 aromatic carbocycles. The third-order valence-corrected chi connectivity index (χ3v) is 4.72. The van der Waals surface area contributed by atoms with Crippen LogP contribution < -0.4 is 10.0 Å². The first-order valence-electron chi connectivity index (χ1n) is 6.22. The number of amides is 1. The van der Waals surface area contributed by atoms with Gasteiger partial charge in [0.2, 0.25) is 15.9 Å². The largest absolute Gasteiger partial charge is 0.348 e. The molecule has 0 heterocycles. The number of fused-ring (bicyclic) bond motifs is 1. The van der Waals surface area contributed by atoms with Gasteiger partial charge in [-0.3, -0.25) is 4.79 Å². The number of rotatable bonds is 4. The fraction of sp³-hybridized carbons (Fsp3) is 0.462. The zero-order valence-corrected chi connectivity index (χ0v) is 11.8. The standard InChI is InChI=1S/C13H18N2O3S/c1-9-7-12(11-6-4-3-5-10(9)11)15-13(16)8-19(17,18)14-2/h3-6,9,12,14H,7-8H2,1-2H3,(H,15,16)/t9-,12+/m0/s1. The number of sulfonamides is 1. The van der Waals surface area contributed by atoms with Crippen LogP contribution in [0.25, 0.3) is 0 Å². The van der Waals surface area contributed by atoms with Gasteiger partial charge in [-0.05, 0) is 30.5 Å². The summed E-state index contributed by atoms with van der Waals surface area (Å²) in [4.78, 5) is 11.8. The van der Waals surface area contributed by atoms with Gasteiger partial charge in [-0.25, -0.2) is 13.1 Å². The van der Waals surface area contributed by atoms with Crippen LogP contribution in [0.4, 0.5) is 0 Å². The molecule has 1 aliphatic carbocycles. The molecule has 0 aromatic heterocycles. The predicted octanol–water partition coefficient (Wildman–Crippen LogP) is 0.900. The first-order chi connectivity index (χ1) is 8.93. The van der Waals surface area contributed by atoms with Crippen LogP contribution in [0.15, 0.2) is 24.3 Å². The van der Waals surface area contributed by atoms with Crippen molar-refractivity contribution in [3.8, 4) is 0 Å². The summed E-state index contributed by atoms with van der Waals surface area (Å²) in [5, 5.41) is 2.80. The molecule has 19 heavy (non-hydrogen) atoms. The van der Waals surface area contributed by atoms with Crippen molar-refractivity contribution >= 4 is 15.9 Å². The molecule has 1 aromatic rings. The maximum Gasteiger partial charge on any atom is 0.237 e. The van der Waals surface area contributed by atoms with Gasteiger partial charge in [0.05, 0.1) is 6.04 Å². The minimum Gasteiger partial charge on any atom is -0.348 e. The van der Waals surface area contributed by atoms with Crippen molar-refractivity contribution in [2.45, 2.75) is 25.3 Å². The fourth-order valence-electron chi connectivity index (χ4n) is 2.50. The summed E-state index contributed by atoms with van der Waals surface area (Å²) in [6.07, 6.45) is 0.810. The minimum absolute atomic E-state index is 0.0919. The molecule has 2 rings (SSSR count). The zero-order chi connectivity index (χ0) is 14.0. The Kier molecular flexibility index (Phi) is 3.91. The second kappa shape index (κ2) is 5.30. The molecule has 5 nitrogen and oxygen atoms in total. The van der Waals surface area contributed by atoms with Gasteiger partial charge in [-0.2, -0.15) is 0 Å². The lowest BCUT2D eigenvalue weighted by atomic mass is 10.0. The highest BCUT2D eigenvalue weighted by Crippen LogP contribution is 2.39. The van der Waals surface area contributed by atoms with Gasteiger partial charge in [0.1, 0.15) is 5.75 Å². The Balaban J connectivity index is 2.08. The smallest absolute Gasteiger partial charge is 0.237 e. The Morgan fingerprint density at radius 2 is 1.95 bits per heavy atom. The average molecular weight is 282 g/mol. The van der Waals surface area contributed by atoms with Crippen LogP contribution in [-0.4, -0.2) is 27.1 Å². The Morgan fingerprint density at radius 1 is 1.32 bits per heavy atom. The maximum absolute atomic E-state index is 11.8.